The van der Waals surface area contributed by atoms with Crippen molar-refractivity contribution in [3.63, 3.8) is 0 Å². The van der Waals surface area contributed by atoms with Crippen molar-refractivity contribution in [3.05, 3.63) is 65.5 Å². The van der Waals surface area contributed by atoms with E-state index >= 15 is 0 Å². The van der Waals surface area contributed by atoms with Gasteiger partial charge in [-0.2, -0.15) is 4.98 Å². The molecule has 0 fully saturated rings. The van der Waals surface area contributed by atoms with Gasteiger partial charge in [0.15, 0.2) is 0 Å². The van der Waals surface area contributed by atoms with Crippen molar-refractivity contribution in [1.29, 1.82) is 0 Å². The van der Waals surface area contributed by atoms with Gasteiger partial charge in [-0.05, 0) is 30.7 Å². The Morgan fingerprint density at radius 3 is 2.50 bits per heavy atom. The Labute approximate surface area is 184 Å². The Kier molecular flexibility index (Phi) is 5.98. The largest absolute Gasteiger partial charge is 0.497 e. The molecule has 9 heteroatoms. The number of carbonyl (C=O) groups is 3. The van der Waals surface area contributed by atoms with E-state index in [4.69, 9.17) is 9.26 Å². The number of aromatic nitrogens is 2. The Morgan fingerprint density at radius 2 is 1.81 bits per heavy atom. The highest BCUT2D eigenvalue weighted by atomic mass is 16.5. The molecule has 3 amide bonds. The summed E-state index contributed by atoms with van der Waals surface area (Å²) in [5.74, 6) is 0.607. The summed E-state index contributed by atoms with van der Waals surface area (Å²) in [6.07, 6.45) is 0.550. The number of methoxy groups -OCH3 is 1. The normalized spacial score (nSPS) is 12.8. The van der Waals surface area contributed by atoms with Crippen molar-refractivity contribution >= 4 is 17.7 Å². The van der Waals surface area contributed by atoms with Crippen LogP contribution in [0.5, 0.6) is 5.75 Å². The number of hydrogen-bond acceptors (Lipinski definition) is 7. The third-order valence-electron chi connectivity index (χ3n) is 5.24. The van der Waals surface area contributed by atoms with Gasteiger partial charge in [-0.3, -0.25) is 19.3 Å². The predicted molar refractivity (Wildman–Crippen MR) is 114 cm³/mol. The number of ether oxygens (including phenoxy) is 1. The topological polar surface area (TPSA) is 106 Å². The zero-order chi connectivity index (χ0) is 22.7. The number of nitrogens with zero attached hydrogens (tertiary/aromatic N) is 4. The molecular weight excluding hydrogens is 412 g/mol. The summed E-state index contributed by atoms with van der Waals surface area (Å²) in [7, 11) is 3.22. The van der Waals surface area contributed by atoms with Gasteiger partial charge in [-0.15, -0.1) is 0 Å². The third kappa shape index (κ3) is 4.22. The van der Waals surface area contributed by atoms with E-state index in [1.807, 2.05) is 18.2 Å². The first-order valence-corrected chi connectivity index (χ1v) is 10.1. The van der Waals surface area contributed by atoms with Gasteiger partial charge in [0, 0.05) is 25.6 Å². The van der Waals surface area contributed by atoms with E-state index in [1.54, 1.807) is 44.5 Å². The highest BCUT2D eigenvalue weighted by Crippen LogP contribution is 2.23. The van der Waals surface area contributed by atoms with Crippen molar-refractivity contribution < 1.29 is 23.6 Å². The second-order valence-corrected chi connectivity index (χ2v) is 7.40. The standard InChI is InChI=1S/C23H22N4O5/c1-26(14-19-24-21(25-32-19)15-7-5-8-16(13-15)31-2)20(28)11-6-12-27-22(29)17-9-3-4-10-18(17)23(27)30/h3-5,7-10,13H,6,11-12,14H2,1-2H3. The van der Waals surface area contributed by atoms with Crippen LogP contribution in [0.4, 0.5) is 0 Å². The molecule has 9 nitrogen and oxygen atoms in total. The van der Waals surface area contributed by atoms with Crippen LogP contribution >= 0.6 is 0 Å². The summed E-state index contributed by atoms with van der Waals surface area (Å²) in [6.45, 7) is 0.343. The summed E-state index contributed by atoms with van der Waals surface area (Å²) in [5, 5.41) is 3.96. The molecule has 164 valence electrons. The van der Waals surface area contributed by atoms with Gasteiger partial charge in [0.2, 0.25) is 17.6 Å². The van der Waals surface area contributed by atoms with Gasteiger partial charge in [0.25, 0.3) is 11.8 Å². The molecule has 0 bridgehead atoms. The van der Waals surface area contributed by atoms with Crippen LogP contribution in [0.1, 0.15) is 39.4 Å². The number of carbonyl (C=O) groups excluding carboxylic acids is 3. The SMILES string of the molecule is COc1cccc(-c2noc(CN(C)C(=O)CCCN3C(=O)c4ccccc4C3=O)n2)c1. The predicted octanol–water partition coefficient (Wildman–Crippen LogP) is 2.78. The Balaban J connectivity index is 1.29. The molecule has 4 rings (SSSR count). The van der Waals surface area contributed by atoms with Crippen LogP contribution < -0.4 is 4.74 Å². The van der Waals surface area contributed by atoms with E-state index in [0.29, 0.717) is 35.0 Å². The second kappa shape index (κ2) is 9.01. The molecule has 2 aromatic carbocycles. The van der Waals surface area contributed by atoms with E-state index in [2.05, 4.69) is 10.1 Å². The number of fused-ring (bicyclic) bond motifs is 1. The van der Waals surface area contributed by atoms with Crippen LogP contribution in [0.25, 0.3) is 11.4 Å². The highest BCUT2D eigenvalue weighted by molar-refractivity contribution is 6.21. The molecule has 0 saturated heterocycles. The van der Waals surface area contributed by atoms with Crippen molar-refractivity contribution in [2.45, 2.75) is 19.4 Å². The highest BCUT2D eigenvalue weighted by Gasteiger charge is 2.34. The Morgan fingerprint density at radius 1 is 1.09 bits per heavy atom. The maximum absolute atomic E-state index is 12.5. The lowest BCUT2D eigenvalue weighted by molar-refractivity contribution is -0.130. The average Bonchev–Trinajstić information content (AvgIpc) is 3.38. The molecule has 1 aromatic heterocycles. The first-order valence-electron chi connectivity index (χ1n) is 10.1. The number of hydrogen-bond donors (Lipinski definition) is 0. The van der Waals surface area contributed by atoms with Crippen molar-refractivity contribution in [2.24, 2.45) is 0 Å². The van der Waals surface area contributed by atoms with Crippen molar-refractivity contribution in [2.75, 3.05) is 20.7 Å². The van der Waals surface area contributed by atoms with Gasteiger partial charge in [-0.1, -0.05) is 29.4 Å². The number of benzene rings is 2. The van der Waals surface area contributed by atoms with Crippen molar-refractivity contribution in [3.8, 4) is 17.1 Å². The molecule has 0 spiro atoms. The lowest BCUT2D eigenvalue weighted by atomic mass is 10.1. The summed E-state index contributed by atoms with van der Waals surface area (Å²) >= 11 is 0. The maximum Gasteiger partial charge on any atom is 0.261 e. The van der Waals surface area contributed by atoms with Crippen molar-refractivity contribution in [1.82, 2.24) is 19.9 Å². The van der Waals surface area contributed by atoms with Gasteiger partial charge < -0.3 is 14.2 Å². The van der Waals surface area contributed by atoms with E-state index in [0.717, 1.165) is 5.56 Å². The van der Waals surface area contributed by atoms with Gasteiger partial charge >= 0.3 is 0 Å². The molecule has 0 radical (unpaired) electrons. The molecule has 0 unspecified atom stereocenters. The lowest BCUT2D eigenvalue weighted by Gasteiger charge is -2.17. The van der Waals surface area contributed by atoms with Crippen LogP contribution in [0, 0.1) is 0 Å². The minimum atomic E-state index is -0.317. The zero-order valence-corrected chi connectivity index (χ0v) is 17.8. The monoisotopic (exact) mass is 434 g/mol. The van der Waals surface area contributed by atoms with E-state index in [9.17, 15) is 14.4 Å². The van der Waals surface area contributed by atoms with Crippen LogP contribution in [-0.2, 0) is 11.3 Å². The van der Waals surface area contributed by atoms with E-state index < -0.39 is 0 Å². The Bertz CT molecular complexity index is 1140. The first kappa shape index (κ1) is 21.2. The molecular formula is C23H22N4O5. The van der Waals surface area contributed by atoms with Crippen LogP contribution in [0.15, 0.2) is 53.1 Å². The molecule has 0 saturated carbocycles. The average molecular weight is 434 g/mol. The quantitative estimate of drug-likeness (QED) is 0.502. The molecule has 2 heterocycles. The Hall–Kier alpha value is -4.01. The smallest absolute Gasteiger partial charge is 0.261 e. The minimum Gasteiger partial charge on any atom is -0.497 e. The van der Waals surface area contributed by atoms with Gasteiger partial charge in [-0.25, -0.2) is 0 Å². The van der Waals surface area contributed by atoms with Gasteiger partial charge in [0.1, 0.15) is 5.75 Å². The van der Waals surface area contributed by atoms with Crippen LogP contribution in [-0.4, -0.2) is 58.4 Å². The number of imide groups is 1. The fourth-order valence-corrected chi connectivity index (χ4v) is 3.51. The second-order valence-electron chi connectivity index (χ2n) is 7.40. The summed E-state index contributed by atoms with van der Waals surface area (Å²) in [4.78, 5) is 44.3. The third-order valence-corrected chi connectivity index (χ3v) is 5.24. The molecule has 1 aliphatic rings. The summed E-state index contributed by atoms with van der Waals surface area (Å²) in [5.41, 5.74) is 1.56. The minimum absolute atomic E-state index is 0.150. The first-order chi connectivity index (χ1) is 15.5. The van der Waals surface area contributed by atoms with E-state index in [-0.39, 0.29) is 37.2 Å². The molecule has 0 atom stereocenters. The molecule has 1 aliphatic heterocycles. The fraction of sp³-hybridized carbons (Fsp3) is 0.261. The number of amides is 3. The number of rotatable bonds is 8. The van der Waals surface area contributed by atoms with E-state index in [1.165, 1.54) is 9.80 Å². The molecule has 0 N–H and O–H groups in total. The lowest BCUT2D eigenvalue weighted by Crippen LogP contribution is -2.32. The van der Waals surface area contributed by atoms with Crippen LogP contribution in [0.2, 0.25) is 0 Å². The van der Waals surface area contributed by atoms with Gasteiger partial charge in [0.05, 0.1) is 24.8 Å². The molecule has 3 aromatic rings. The molecule has 32 heavy (non-hydrogen) atoms. The zero-order valence-electron chi connectivity index (χ0n) is 17.8. The van der Waals surface area contributed by atoms with Crippen LogP contribution in [0.3, 0.4) is 0 Å². The maximum atomic E-state index is 12.5. The summed E-state index contributed by atoms with van der Waals surface area (Å²) < 4.78 is 10.5. The summed E-state index contributed by atoms with van der Waals surface area (Å²) in [6, 6.07) is 14.0. The fourth-order valence-electron chi connectivity index (χ4n) is 3.51. The molecule has 0 aliphatic carbocycles.